The fourth-order valence-corrected chi connectivity index (χ4v) is 5.75. The Kier molecular flexibility index (Phi) is 7.71. The summed E-state index contributed by atoms with van der Waals surface area (Å²) in [6, 6.07) is 11.8. The lowest BCUT2D eigenvalue weighted by atomic mass is 9.88. The van der Waals surface area contributed by atoms with Crippen molar-refractivity contribution >= 4 is 23.4 Å². The number of non-ortho nitro benzene ring substituents is 1. The molecule has 1 atom stereocenters. The van der Waals surface area contributed by atoms with Crippen molar-refractivity contribution in [1.29, 1.82) is 0 Å². The number of hydrogen-bond acceptors (Lipinski definition) is 8. The smallest absolute Gasteiger partial charge is 0.376 e. The van der Waals surface area contributed by atoms with Crippen molar-refractivity contribution in [1.82, 2.24) is 0 Å². The summed E-state index contributed by atoms with van der Waals surface area (Å²) in [6.07, 6.45) is 2.26. The minimum Gasteiger partial charge on any atom is -0.425 e. The van der Waals surface area contributed by atoms with Crippen LogP contribution < -0.4 is 4.52 Å². The van der Waals surface area contributed by atoms with Crippen LogP contribution in [0.25, 0.3) is 0 Å². The standard InChI is InChI=1S/C21H26NO8PS/c1-16-3-13-21(14-4-16)32(26,27)28-15-17-5-9-19(10-6-17)29-31(2,25)30-20-11-7-18(8-12-20)22(23)24/h3-4,7-8,11-14,17,19H,5-6,9-10,15H2,1-2H3. The van der Waals surface area contributed by atoms with Crippen molar-refractivity contribution in [2.45, 2.75) is 43.6 Å². The summed E-state index contributed by atoms with van der Waals surface area (Å²) in [4.78, 5) is 10.3. The molecule has 2 aromatic rings. The zero-order valence-electron chi connectivity index (χ0n) is 17.9. The highest BCUT2D eigenvalue weighted by molar-refractivity contribution is 7.86. The lowest BCUT2D eigenvalue weighted by Gasteiger charge is -2.29. The highest BCUT2D eigenvalue weighted by Gasteiger charge is 2.30. The lowest BCUT2D eigenvalue weighted by Crippen LogP contribution is -2.25. The van der Waals surface area contributed by atoms with E-state index >= 15 is 0 Å². The Bertz CT molecular complexity index is 1080. The molecule has 11 heteroatoms. The number of nitro benzene ring substituents is 1. The zero-order valence-corrected chi connectivity index (χ0v) is 19.6. The molecule has 9 nitrogen and oxygen atoms in total. The van der Waals surface area contributed by atoms with E-state index in [-0.39, 0.29) is 35.0 Å². The van der Waals surface area contributed by atoms with Gasteiger partial charge in [0.05, 0.1) is 22.5 Å². The van der Waals surface area contributed by atoms with Gasteiger partial charge in [0, 0.05) is 18.8 Å². The Balaban J connectivity index is 1.46. The molecular formula is C21H26NO8PS. The number of nitrogens with zero attached hydrogens (tertiary/aromatic N) is 1. The molecule has 32 heavy (non-hydrogen) atoms. The Labute approximate surface area is 187 Å². The molecule has 1 aliphatic carbocycles. The van der Waals surface area contributed by atoms with Crippen LogP contribution in [-0.4, -0.2) is 32.7 Å². The molecule has 0 spiro atoms. The fraction of sp³-hybridized carbons (Fsp3) is 0.429. The lowest BCUT2D eigenvalue weighted by molar-refractivity contribution is -0.384. The molecule has 1 unspecified atom stereocenters. The summed E-state index contributed by atoms with van der Waals surface area (Å²) in [7, 11) is -7.22. The van der Waals surface area contributed by atoms with Crippen molar-refractivity contribution in [3.63, 3.8) is 0 Å². The van der Waals surface area contributed by atoms with Crippen LogP contribution in [0.3, 0.4) is 0 Å². The molecule has 1 fully saturated rings. The largest absolute Gasteiger partial charge is 0.425 e. The molecule has 0 aliphatic heterocycles. The Morgan fingerprint density at radius 2 is 1.62 bits per heavy atom. The number of hydrogen-bond donors (Lipinski definition) is 0. The van der Waals surface area contributed by atoms with Crippen LogP contribution in [0.1, 0.15) is 31.2 Å². The highest BCUT2D eigenvalue weighted by atomic mass is 32.2. The molecule has 174 valence electrons. The van der Waals surface area contributed by atoms with Crippen LogP contribution in [0.4, 0.5) is 5.69 Å². The van der Waals surface area contributed by atoms with Gasteiger partial charge in [-0.25, -0.2) is 4.57 Å². The summed E-state index contributed by atoms with van der Waals surface area (Å²) < 4.78 is 53.7. The highest BCUT2D eigenvalue weighted by Crippen LogP contribution is 2.48. The Morgan fingerprint density at radius 3 is 2.19 bits per heavy atom. The molecular weight excluding hydrogens is 457 g/mol. The van der Waals surface area contributed by atoms with Gasteiger partial charge in [0.1, 0.15) is 5.75 Å². The van der Waals surface area contributed by atoms with E-state index in [2.05, 4.69) is 0 Å². The quantitative estimate of drug-likeness (QED) is 0.209. The van der Waals surface area contributed by atoms with Crippen molar-refractivity contribution < 1.29 is 31.1 Å². The van der Waals surface area contributed by atoms with Crippen LogP contribution in [0, 0.1) is 23.0 Å². The second-order valence-electron chi connectivity index (χ2n) is 7.91. The molecule has 3 rings (SSSR count). The molecule has 0 bridgehead atoms. The first-order chi connectivity index (χ1) is 15.0. The molecule has 0 radical (unpaired) electrons. The maximum absolute atomic E-state index is 12.7. The van der Waals surface area contributed by atoms with Gasteiger partial charge in [-0.15, -0.1) is 0 Å². The van der Waals surface area contributed by atoms with E-state index in [1.54, 1.807) is 12.1 Å². The maximum atomic E-state index is 12.7. The van der Waals surface area contributed by atoms with E-state index in [4.69, 9.17) is 13.2 Å². The first-order valence-electron chi connectivity index (χ1n) is 10.2. The van der Waals surface area contributed by atoms with E-state index in [0.29, 0.717) is 25.7 Å². The van der Waals surface area contributed by atoms with Gasteiger partial charge >= 0.3 is 7.60 Å². The SMILES string of the molecule is Cc1ccc(S(=O)(=O)OCC2CCC(OP(C)(=O)Oc3ccc([N+](=O)[O-])cc3)CC2)cc1. The second-order valence-corrected chi connectivity index (χ2v) is 11.5. The predicted octanol–water partition coefficient (Wildman–Crippen LogP) is 5.09. The van der Waals surface area contributed by atoms with Crippen molar-refractivity contribution in [2.75, 3.05) is 13.3 Å². The van der Waals surface area contributed by atoms with Gasteiger partial charge in [-0.3, -0.25) is 18.8 Å². The maximum Gasteiger partial charge on any atom is 0.376 e. The molecule has 0 saturated heterocycles. The van der Waals surface area contributed by atoms with E-state index in [9.17, 15) is 23.1 Å². The molecule has 0 heterocycles. The molecule has 1 saturated carbocycles. The average Bonchev–Trinajstić information content (AvgIpc) is 2.73. The number of aryl methyl sites for hydroxylation is 1. The molecule has 0 N–H and O–H groups in total. The normalized spacial score (nSPS) is 20.9. The topological polar surface area (TPSA) is 122 Å². The van der Waals surface area contributed by atoms with Gasteiger partial charge < -0.3 is 4.52 Å². The molecule has 0 amide bonds. The third-order valence-electron chi connectivity index (χ3n) is 5.22. The summed E-state index contributed by atoms with van der Waals surface area (Å²) in [5.41, 5.74) is 0.877. The van der Waals surface area contributed by atoms with Crippen LogP contribution >= 0.6 is 7.60 Å². The van der Waals surface area contributed by atoms with Gasteiger partial charge in [0.15, 0.2) is 0 Å². The first-order valence-corrected chi connectivity index (χ1v) is 13.6. The summed E-state index contributed by atoms with van der Waals surface area (Å²) in [5.74, 6) is 0.284. The van der Waals surface area contributed by atoms with Gasteiger partial charge in [0.25, 0.3) is 15.8 Å². The minimum atomic E-state index is -3.80. The Hall–Kier alpha value is -2.26. The van der Waals surface area contributed by atoms with Crippen molar-refractivity contribution in [3.05, 3.63) is 64.2 Å². The number of nitro groups is 1. The van der Waals surface area contributed by atoms with E-state index in [1.165, 1.54) is 43.1 Å². The van der Waals surface area contributed by atoms with E-state index < -0.39 is 22.6 Å². The zero-order chi connectivity index (χ0) is 23.4. The second kappa shape index (κ2) is 10.1. The number of rotatable bonds is 9. The molecule has 0 aromatic heterocycles. The Morgan fingerprint density at radius 1 is 1.03 bits per heavy atom. The van der Waals surface area contributed by atoms with E-state index in [0.717, 1.165) is 5.56 Å². The third kappa shape index (κ3) is 6.87. The van der Waals surface area contributed by atoms with Crippen molar-refractivity contribution in [3.8, 4) is 5.75 Å². The summed E-state index contributed by atoms with van der Waals surface area (Å²) >= 11 is 0. The summed E-state index contributed by atoms with van der Waals surface area (Å²) in [6.45, 7) is 3.33. The van der Waals surface area contributed by atoms with Crippen LogP contribution in [0.2, 0.25) is 0 Å². The van der Waals surface area contributed by atoms with Gasteiger partial charge in [-0.1, -0.05) is 17.7 Å². The van der Waals surface area contributed by atoms with Crippen LogP contribution in [0.5, 0.6) is 5.75 Å². The van der Waals surface area contributed by atoms with Crippen LogP contribution in [-0.2, 0) is 23.4 Å². The minimum absolute atomic E-state index is 0.0573. The van der Waals surface area contributed by atoms with Gasteiger partial charge in [-0.05, 0) is 62.8 Å². The third-order valence-corrected chi connectivity index (χ3v) is 7.74. The van der Waals surface area contributed by atoms with Crippen molar-refractivity contribution in [2.24, 2.45) is 5.92 Å². The van der Waals surface area contributed by atoms with Gasteiger partial charge in [-0.2, -0.15) is 8.42 Å². The number of benzene rings is 2. The average molecular weight is 483 g/mol. The molecule has 2 aromatic carbocycles. The van der Waals surface area contributed by atoms with Crippen LogP contribution in [0.15, 0.2) is 53.4 Å². The van der Waals surface area contributed by atoms with Gasteiger partial charge in [0.2, 0.25) is 0 Å². The fourth-order valence-electron chi connectivity index (χ4n) is 3.48. The molecule has 1 aliphatic rings. The summed E-state index contributed by atoms with van der Waals surface area (Å²) in [5, 5.41) is 10.7. The van der Waals surface area contributed by atoms with E-state index in [1.807, 2.05) is 6.92 Å². The first kappa shape index (κ1) is 24.4. The monoisotopic (exact) mass is 483 g/mol. The predicted molar refractivity (Wildman–Crippen MR) is 118 cm³/mol.